The van der Waals surface area contributed by atoms with E-state index in [4.69, 9.17) is 11.6 Å². The summed E-state index contributed by atoms with van der Waals surface area (Å²) in [6.07, 6.45) is 11.7. The van der Waals surface area contributed by atoms with Crippen LogP contribution >= 0.6 is 23.4 Å². The van der Waals surface area contributed by atoms with Crippen LogP contribution in [0.25, 0.3) is 0 Å². The normalized spacial score (nSPS) is 14.6. The van der Waals surface area contributed by atoms with E-state index in [0.717, 1.165) is 5.02 Å². The van der Waals surface area contributed by atoms with Crippen molar-refractivity contribution in [1.82, 2.24) is 4.68 Å². The SMILES string of the molecule is O=c1ccn(N2C=CC(Sc3ccc(Cl)cc3)C=C2)cc1. The van der Waals surface area contributed by atoms with E-state index in [0.29, 0.717) is 0 Å². The van der Waals surface area contributed by atoms with Gasteiger partial charge in [-0.1, -0.05) is 11.6 Å². The molecule has 0 fully saturated rings. The maximum atomic E-state index is 11.1. The van der Waals surface area contributed by atoms with E-state index in [1.54, 1.807) is 24.2 Å². The summed E-state index contributed by atoms with van der Waals surface area (Å²) in [6, 6.07) is 10.9. The Balaban J connectivity index is 1.67. The second-order valence-corrected chi connectivity index (χ2v) is 6.20. The van der Waals surface area contributed by atoms with Gasteiger partial charge < -0.3 is 0 Å². The molecular formula is C16H13ClN2OS. The zero-order valence-corrected chi connectivity index (χ0v) is 12.7. The standard InChI is InChI=1S/C16H13ClN2OS/c17-13-1-3-15(4-2-13)21-16-7-11-19(12-8-16)18-9-5-14(20)6-10-18/h1-12,16H. The molecule has 1 aliphatic heterocycles. The van der Waals surface area contributed by atoms with E-state index < -0.39 is 0 Å². The Morgan fingerprint density at radius 3 is 2.19 bits per heavy atom. The summed E-state index contributed by atoms with van der Waals surface area (Å²) in [5, 5.41) is 2.94. The molecule has 0 spiro atoms. The lowest BCUT2D eigenvalue weighted by molar-refractivity contribution is 0.781. The number of hydrogen-bond acceptors (Lipinski definition) is 3. The Bertz CT molecular complexity index is 702. The fraction of sp³-hybridized carbons (Fsp3) is 0.0625. The summed E-state index contributed by atoms with van der Waals surface area (Å²) in [5.41, 5.74) is 0.00684. The maximum absolute atomic E-state index is 11.1. The molecular weight excluding hydrogens is 304 g/mol. The molecule has 0 unspecified atom stereocenters. The first-order valence-electron chi connectivity index (χ1n) is 6.46. The summed E-state index contributed by atoms with van der Waals surface area (Å²) in [7, 11) is 0. The summed E-state index contributed by atoms with van der Waals surface area (Å²) < 4.78 is 1.84. The molecule has 0 N–H and O–H groups in total. The van der Waals surface area contributed by atoms with Crippen LogP contribution in [-0.2, 0) is 0 Å². The molecule has 2 aromatic rings. The molecule has 5 heteroatoms. The predicted octanol–water partition coefficient (Wildman–Crippen LogP) is 3.64. The molecule has 1 aromatic heterocycles. The van der Waals surface area contributed by atoms with Crippen molar-refractivity contribution in [3.8, 4) is 0 Å². The fourth-order valence-corrected chi connectivity index (χ4v) is 2.95. The number of benzene rings is 1. The van der Waals surface area contributed by atoms with Crippen LogP contribution in [0.3, 0.4) is 0 Å². The molecule has 1 aromatic carbocycles. The van der Waals surface area contributed by atoms with Gasteiger partial charge in [-0.3, -0.25) is 14.5 Å². The van der Waals surface area contributed by atoms with Gasteiger partial charge in [0.15, 0.2) is 5.43 Å². The number of aromatic nitrogens is 1. The minimum atomic E-state index is 0.00684. The zero-order valence-electron chi connectivity index (χ0n) is 11.1. The van der Waals surface area contributed by atoms with Crippen LogP contribution in [-0.4, -0.2) is 9.93 Å². The number of hydrogen-bond donors (Lipinski definition) is 0. The lowest BCUT2D eigenvalue weighted by atomic mass is 10.3. The van der Waals surface area contributed by atoms with E-state index in [-0.39, 0.29) is 10.7 Å². The lowest BCUT2D eigenvalue weighted by Crippen LogP contribution is -2.26. The maximum Gasteiger partial charge on any atom is 0.181 e. The number of nitrogens with zero attached hydrogens (tertiary/aromatic N) is 2. The topological polar surface area (TPSA) is 25.2 Å². The predicted molar refractivity (Wildman–Crippen MR) is 88.3 cm³/mol. The Labute approximate surface area is 132 Å². The number of pyridine rings is 1. The van der Waals surface area contributed by atoms with Gasteiger partial charge in [0.2, 0.25) is 0 Å². The van der Waals surface area contributed by atoms with Gasteiger partial charge in [-0.2, -0.15) is 0 Å². The van der Waals surface area contributed by atoms with Gasteiger partial charge in [-0.25, -0.2) is 0 Å². The molecule has 2 heterocycles. The highest BCUT2D eigenvalue weighted by Gasteiger charge is 2.09. The monoisotopic (exact) mass is 316 g/mol. The first-order valence-corrected chi connectivity index (χ1v) is 7.72. The number of thioether (sulfide) groups is 1. The minimum absolute atomic E-state index is 0.00684. The second kappa shape index (κ2) is 6.24. The smallest absolute Gasteiger partial charge is 0.181 e. The van der Waals surface area contributed by atoms with Gasteiger partial charge >= 0.3 is 0 Å². The first kappa shape index (κ1) is 14.0. The highest BCUT2D eigenvalue weighted by atomic mass is 35.5. The molecule has 0 saturated carbocycles. The van der Waals surface area contributed by atoms with Crippen molar-refractivity contribution in [3.05, 3.63) is 88.6 Å². The van der Waals surface area contributed by atoms with Crippen LogP contribution in [0.15, 0.2) is 83.0 Å². The Hall–Kier alpha value is -1.91. The minimum Gasteiger partial charge on any atom is -0.290 e. The van der Waals surface area contributed by atoms with Crippen molar-refractivity contribution in [2.24, 2.45) is 0 Å². The van der Waals surface area contributed by atoms with Crippen molar-refractivity contribution in [2.45, 2.75) is 10.1 Å². The molecule has 3 nitrogen and oxygen atoms in total. The summed E-state index contributed by atoms with van der Waals surface area (Å²) in [6.45, 7) is 0. The van der Waals surface area contributed by atoms with Crippen molar-refractivity contribution in [1.29, 1.82) is 0 Å². The zero-order chi connectivity index (χ0) is 14.7. The van der Waals surface area contributed by atoms with Crippen LogP contribution in [0.1, 0.15) is 0 Å². The van der Waals surface area contributed by atoms with Crippen molar-refractivity contribution in [3.63, 3.8) is 0 Å². The van der Waals surface area contributed by atoms with E-state index in [1.807, 2.05) is 46.4 Å². The fourth-order valence-electron chi connectivity index (χ4n) is 1.92. The average Bonchev–Trinajstić information content (AvgIpc) is 2.51. The molecule has 0 bridgehead atoms. The lowest BCUT2D eigenvalue weighted by Gasteiger charge is -2.23. The summed E-state index contributed by atoms with van der Waals surface area (Å²) in [5.74, 6) is 0. The van der Waals surface area contributed by atoms with E-state index in [9.17, 15) is 4.79 Å². The molecule has 106 valence electrons. The van der Waals surface area contributed by atoms with Crippen LogP contribution in [0.4, 0.5) is 0 Å². The van der Waals surface area contributed by atoms with Crippen molar-refractivity contribution >= 4 is 23.4 Å². The van der Waals surface area contributed by atoms with Gasteiger partial charge in [-0.05, 0) is 36.4 Å². The van der Waals surface area contributed by atoms with Crippen LogP contribution in [0.5, 0.6) is 0 Å². The molecule has 1 aliphatic rings. The van der Waals surface area contributed by atoms with Gasteiger partial charge in [0, 0.05) is 52.1 Å². The van der Waals surface area contributed by atoms with E-state index in [2.05, 4.69) is 12.2 Å². The quantitative estimate of drug-likeness (QED) is 0.864. The highest BCUT2D eigenvalue weighted by Crippen LogP contribution is 2.27. The second-order valence-electron chi connectivity index (χ2n) is 4.51. The summed E-state index contributed by atoms with van der Waals surface area (Å²) in [4.78, 5) is 12.3. The highest BCUT2D eigenvalue weighted by molar-refractivity contribution is 8.00. The summed E-state index contributed by atoms with van der Waals surface area (Å²) >= 11 is 7.64. The van der Waals surface area contributed by atoms with Crippen molar-refractivity contribution < 1.29 is 0 Å². The van der Waals surface area contributed by atoms with Gasteiger partial charge in [0.1, 0.15) is 0 Å². The van der Waals surface area contributed by atoms with Crippen LogP contribution in [0, 0.1) is 0 Å². The van der Waals surface area contributed by atoms with Gasteiger partial charge in [0.25, 0.3) is 0 Å². The van der Waals surface area contributed by atoms with E-state index in [1.165, 1.54) is 17.0 Å². The molecule has 0 atom stereocenters. The van der Waals surface area contributed by atoms with Crippen LogP contribution in [0.2, 0.25) is 5.02 Å². The van der Waals surface area contributed by atoms with Crippen molar-refractivity contribution in [2.75, 3.05) is 5.01 Å². The molecule has 0 aliphatic carbocycles. The Morgan fingerprint density at radius 2 is 1.57 bits per heavy atom. The molecule has 21 heavy (non-hydrogen) atoms. The third kappa shape index (κ3) is 3.60. The largest absolute Gasteiger partial charge is 0.290 e. The third-order valence-corrected chi connectivity index (χ3v) is 4.38. The number of rotatable bonds is 3. The first-order chi connectivity index (χ1) is 10.2. The molecule has 0 saturated heterocycles. The van der Waals surface area contributed by atoms with Gasteiger partial charge in [-0.15, -0.1) is 11.8 Å². The Kier molecular flexibility index (Phi) is 4.18. The molecule has 0 radical (unpaired) electrons. The van der Waals surface area contributed by atoms with E-state index >= 15 is 0 Å². The average molecular weight is 317 g/mol. The van der Waals surface area contributed by atoms with Gasteiger partial charge in [0.05, 0.1) is 0 Å². The third-order valence-electron chi connectivity index (χ3n) is 2.99. The molecule has 0 amide bonds. The van der Waals surface area contributed by atoms with Crippen LogP contribution < -0.4 is 10.4 Å². The molecule has 3 rings (SSSR count). The number of halogens is 1. The Morgan fingerprint density at radius 1 is 0.952 bits per heavy atom.